The van der Waals surface area contributed by atoms with E-state index >= 15 is 0 Å². The predicted molar refractivity (Wildman–Crippen MR) is 111 cm³/mol. The molecule has 2 atom stereocenters. The van der Waals surface area contributed by atoms with E-state index in [4.69, 9.17) is 11.6 Å². The van der Waals surface area contributed by atoms with Crippen LogP contribution in [0.25, 0.3) is 10.9 Å². The molecule has 0 amide bonds. The quantitative estimate of drug-likeness (QED) is 0.672. The van der Waals surface area contributed by atoms with Gasteiger partial charge in [-0.2, -0.15) is 0 Å². The van der Waals surface area contributed by atoms with Crippen molar-refractivity contribution in [2.45, 2.75) is 24.7 Å². The second-order valence-corrected chi connectivity index (χ2v) is 8.88. The summed E-state index contributed by atoms with van der Waals surface area (Å²) in [6.45, 7) is 2.19. The molecule has 5 rings (SSSR count). The zero-order chi connectivity index (χ0) is 18.8. The molecule has 140 valence electrons. The first-order valence-corrected chi connectivity index (χ1v) is 10.1. The third-order valence-electron chi connectivity index (χ3n) is 7.01. The van der Waals surface area contributed by atoms with Crippen molar-refractivity contribution in [1.82, 2.24) is 9.47 Å². The number of phenols is 1. The number of halogens is 1. The smallest absolute Gasteiger partial charge is 0.115 e. The Morgan fingerprint density at radius 1 is 1.15 bits per heavy atom. The predicted octanol–water partition coefficient (Wildman–Crippen LogP) is 4.53. The van der Waals surface area contributed by atoms with Crippen LogP contribution in [0.5, 0.6) is 5.75 Å². The number of phenolic OH excluding ortho intramolecular Hbond substituents is 1. The number of piperidine rings is 1. The lowest BCUT2D eigenvalue weighted by Crippen LogP contribution is -2.52. The highest BCUT2D eigenvalue weighted by Crippen LogP contribution is 2.50. The number of hydrogen-bond acceptors (Lipinski definition) is 2. The van der Waals surface area contributed by atoms with E-state index in [1.165, 1.54) is 27.7 Å². The number of aromatic hydroxyl groups is 1. The molecule has 3 nitrogen and oxygen atoms in total. The molecule has 1 aromatic heterocycles. The molecule has 1 saturated heterocycles. The number of hydrogen-bond donors (Lipinski definition) is 1. The van der Waals surface area contributed by atoms with Gasteiger partial charge < -0.3 is 14.6 Å². The fourth-order valence-corrected chi connectivity index (χ4v) is 5.73. The molecule has 2 aliphatic rings. The second-order valence-electron chi connectivity index (χ2n) is 8.44. The lowest BCUT2D eigenvalue weighted by Gasteiger charge is -2.50. The van der Waals surface area contributed by atoms with Gasteiger partial charge in [-0.3, -0.25) is 0 Å². The molecule has 4 heteroatoms. The van der Waals surface area contributed by atoms with E-state index in [9.17, 15) is 5.11 Å². The van der Waals surface area contributed by atoms with E-state index in [1.54, 1.807) is 6.07 Å². The minimum atomic E-state index is 0.0875. The lowest BCUT2D eigenvalue weighted by atomic mass is 9.59. The summed E-state index contributed by atoms with van der Waals surface area (Å²) in [4.78, 5) is 2.46. The van der Waals surface area contributed by atoms with Gasteiger partial charge in [0.2, 0.25) is 0 Å². The Balaban J connectivity index is 1.72. The van der Waals surface area contributed by atoms with Gasteiger partial charge in [-0.05, 0) is 74.2 Å². The third kappa shape index (κ3) is 2.52. The first-order valence-electron chi connectivity index (χ1n) is 9.72. The van der Waals surface area contributed by atoms with Gasteiger partial charge in [0.25, 0.3) is 0 Å². The van der Waals surface area contributed by atoms with Crippen molar-refractivity contribution in [3.63, 3.8) is 0 Å². The second kappa shape index (κ2) is 6.02. The molecular weight excluding hydrogens is 356 g/mol. The molecule has 2 heterocycles. The van der Waals surface area contributed by atoms with Crippen molar-refractivity contribution < 1.29 is 5.11 Å². The van der Waals surface area contributed by atoms with Crippen molar-refractivity contribution in [2.24, 2.45) is 13.0 Å². The molecule has 2 unspecified atom stereocenters. The van der Waals surface area contributed by atoms with Gasteiger partial charge in [-0.25, -0.2) is 0 Å². The van der Waals surface area contributed by atoms with E-state index in [1.807, 2.05) is 18.2 Å². The zero-order valence-corrected chi connectivity index (χ0v) is 16.6. The Morgan fingerprint density at radius 2 is 2.00 bits per heavy atom. The molecule has 2 aromatic carbocycles. The molecule has 0 radical (unpaired) electrons. The highest BCUT2D eigenvalue weighted by atomic mass is 35.5. The van der Waals surface area contributed by atoms with Gasteiger partial charge in [-0.1, -0.05) is 29.8 Å². The average Bonchev–Trinajstić information content (AvgIpc) is 2.91. The van der Waals surface area contributed by atoms with Crippen LogP contribution < -0.4 is 0 Å². The Labute approximate surface area is 165 Å². The van der Waals surface area contributed by atoms with Crippen LogP contribution in [0.4, 0.5) is 0 Å². The first kappa shape index (κ1) is 17.2. The van der Waals surface area contributed by atoms with Crippen LogP contribution in [0.3, 0.4) is 0 Å². The Hall–Kier alpha value is -1.97. The molecule has 0 spiro atoms. The van der Waals surface area contributed by atoms with Gasteiger partial charge in [0.1, 0.15) is 5.75 Å². The number of rotatable bonds is 1. The van der Waals surface area contributed by atoms with Crippen molar-refractivity contribution >= 4 is 22.5 Å². The maximum atomic E-state index is 10.1. The summed E-state index contributed by atoms with van der Waals surface area (Å²) in [5.41, 5.74) is 5.52. The van der Waals surface area contributed by atoms with Crippen molar-refractivity contribution in [2.75, 3.05) is 20.1 Å². The number of aromatic nitrogens is 1. The summed E-state index contributed by atoms with van der Waals surface area (Å²) >= 11 is 6.29. The SMILES string of the molecule is CN1CCC2(c3cccc(O)c3)Cc3c(c4ccc(Cl)cc4n3C)CC2C1. The van der Waals surface area contributed by atoms with Crippen LogP contribution in [-0.4, -0.2) is 34.7 Å². The fraction of sp³-hybridized carbons (Fsp3) is 0.391. The standard InChI is InChI=1S/C23H25ClN2O/c1-25-9-8-23(15-4-3-5-18(27)10-15)13-22-20(11-16(23)14-25)19-7-6-17(24)12-21(19)26(22)2/h3-7,10,12,16,27H,8-9,11,13-14H2,1-2H3. The molecule has 1 aliphatic heterocycles. The summed E-state index contributed by atoms with van der Waals surface area (Å²) in [6, 6.07) is 14.2. The van der Waals surface area contributed by atoms with Gasteiger partial charge in [0.05, 0.1) is 0 Å². The molecular formula is C23H25ClN2O. The van der Waals surface area contributed by atoms with Crippen molar-refractivity contribution in [1.29, 1.82) is 0 Å². The maximum Gasteiger partial charge on any atom is 0.115 e. The van der Waals surface area contributed by atoms with Crippen LogP contribution >= 0.6 is 11.6 Å². The number of benzene rings is 2. The van der Waals surface area contributed by atoms with Crippen LogP contribution in [0, 0.1) is 5.92 Å². The lowest BCUT2D eigenvalue weighted by molar-refractivity contribution is 0.0985. The van der Waals surface area contributed by atoms with Gasteiger partial charge in [0.15, 0.2) is 0 Å². The Morgan fingerprint density at radius 3 is 2.81 bits per heavy atom. The molecule has 3 aromatic rings. The fourth-order valence-electron chi connectivity index (χ4n) is 5.57. The van der Waals surface area contributed by atoms with Crippen LogP contribution in [0.2, 0.25) is 5.02 Å². The van der Waals surface area contributed by atoms with E-state index in [0.717, 1.165) is 37.4 Å². The zero-order valence-electron chi connectivity index (χ0n) is 15.9. The van der Waals surface area contributed by atoms with E-state index < -0.39 is 0 Å². The largest absolute Gasteiger partial charge is 0.508 e. The maximum absolute atomic E-state index is 10.1. The normalized spacial score (nSPS) is 25.4. The number of fused-ring (bicyclic) bond motifs is 4. The van der Waals surface area contributed by atoms with Crippen molar-refractivity contribution in [3.05, 3.63) is 64.3 Å². The summed E-state index contributed by atoms with van der Waals surface area (Å²) < 4.78 is 2.34. The minimum Gasteiger partial charge on any atom is -0.508 e. The van der Waals surface area contributed by atoms with E-state index in [2.05, 4.69) is 41.8 Å². The van der Waals surface area contributed by atoms with Crippen LogP contribution in [0.15, 0.2) is 42.5 Å². The highest BCUT2D eigenvalue weighted by molar-refractivity contribution is 6.31. The molecule has 0 bridgehead atoms. The summed E-state index contributed by atoms with van der Waals surface area (Å²) in [5.74, 6) is 0.918. The monoisotopic (exact) mass is 380 g/mol. The number of nitrogens with zero attached hydrogens (tertiary/aromatic N) is 2. The van der Waals surface area contributed by atoms with Gasteiger partial charge >= 0.3 is 0 Å². The average molecular weight is 381 g/mol. The van der Waals surface area contributed by atoms with E-state index in [-0.39, 0.29) is 5.41 Å². The summed E-state index contributed by atoms with van der Waals surface area (Å²) in [6.07, 6.45) is 3.22. The van der Waals surface area contributed by atoms with Crippen LogP contribution in [0.1, 0.15) is 23.2 Å². The molecule has 1 N–H and O–H groups in total. The van der Waals surface area contributed by atoms with Gasteiger partial charge in [0, 0.05) is 40.6 Å². The Kier molecular flexibility index (Phi) is 3.82. The van der Waals surface area contributed by atoms with Gasteiger partial charge in [-0.15, -0.1) is 0 Å². The van der Waals surface area contributed by atoms with Crippen molar-refractivity contribution in [3.8, 4) is 5.75 Å². The first-order chi connectivity index (χ1) is 13.0. The molecule has 1 fully saturated rings. The summed E-state index contributed by atoms with van der Waals surface area (Å²) in [7, 11) is 4.40. The molecule has 0 saturated carbocycles. The van der Waals surface area contributed by atoms with Crippen LogP contribution in [-0.2, 0) is 25.3 Å². The topological polar surface area (TPSA) is 28.4 Å². The molecule has 1 aliphatic carbocycles. The Bertz CT molecular complexity index is 1040. The number of likely N-dealkylation sites (tertiary alicyclic amines) is 1. The summed E-state index contributed by atoms with van der Waals surface area (Å²) in [5, 5.41) is 12.3. The number of aryl methyl sites for hydroxylation is 1. The highest BCUT2D eigenvalue weighted by Gasteiger charge is 2.48. The molecule has 27 heavy (non-hydrogen) atoms. The van der Waals surface area contributed by atoms with E-state index in [0.29, 0.717) is 11.7 Å². The third-order valence-corrected chi connectivity index (χ3v) is 7.24. The minimum absolute atomic E-state index is 0.0875.